The molecule has 3 nitrogen and oxygen atoms in total. The molecule has 0 bridgehead atoms. The first kappa shape index (κ1) is 11.5. The highest BCUT2D eigenvalue weighted by Crippen LogP contribution is 2.17. The predicted molar refractivity (Wildman–Crippen MR) is 61.6 cm³/mol. The Morgan fingerprint density at radius 3 is 3.00 bits per heavy atom. The Hall–Kier alpha value is -1.00. The predicted octanol–water partition coefficient (Wildman–Crippen LogP) is 1.36. The number of nitrogens with zero attached hydrogens (tertiary/aromatic N) is 3. The Kier molecular flexibility index (Phi) is 3.51. The van der Waals surface area contributed by atoms with Crippen LogP contribution in [-0.2, 0) is 6.54 Å². The van der Waals surface area contributed by atoms with Gasteiger partial charge in [-0.2, -0.15) is 0 Å². The van der Waals surface area contributed by atoms with Crippen molar-refractivity contribution >= 4 is 0 Å². The lowest BCUT2D eigenvalue weighted by atomic mass is 10.2. The van der Waals surface area contributed by atoms with E-state index in [0.29, 0.717) is 12.6 Å². The van der Waals surface area contributed by atoms with Crippen LogP contribution in [0.2, 0.25) is 0 Å². The van der Waals surface area contributed by atoms with Crippen molar-refractivity contribution in [3.8, 4) is 0 Å². The molecule has 16 heavy (non-hydrogen) atoms. The molecular formula is C12H18FN3. The van der Waals surface area contributed by atoms with Gasteiger partial charge in [0.1, 0.15) is 5.82 Å². The number of hydrogen-bond acceptors (Lipinski definition) is 3. The normalized spacial score (nSPS) is 21.9. The Labute approximate surface area is 95.9 Å². The van der Waals surface area contributed by atoms with E-state index in [2.05, 4.69) is 28.9 Å². The van der Waals surface area contributed by atoms with Crippen LogP contribution in [-0.4, -0.2) is 48.0 Å². The van der Waals surface area contributed by atoms with Gasteiger partial charge in [-0.15, -0.1) is 0 Å². The molecule has 1 aliphatic heterocycles. The second-order valence-corrected chi connectivity index (χ2v) is 4.61. The van der Waals surface area contributed by atoms with Gasteiger partial charge in [-0.05, 0) is 26.6 Å². The van der Waals surface area contributed by atoms with E-state index in [-0.39, 0.29) is 5.82 Å². The number of likely N-dealkylation sites (N-methyl/N-ethyl adjacent to an activating group) is 1. The van der Waals surface area contributed by atoms with Crippen molar-refractivity contribution in [2.45, 2.75) is 19.0 Å². The van der Waals surface area contributed by atoms with Gasteiger partial charge in [-0.1, -0.05) is 0 Å². The Bertz CT molecular complexity index is 354. The summed E-state index contributed by atoms with van der Waals surface area (Å²) in [6, 6.07) is 2.36. The zero-order valence-corrected chi connectivity index (χ0v) is 9.86. The van der Waals surface area contributed by atoms with E-state index >= 15 is 0 Å². The smallest absolute Gasteiger partial charge is 0.145 e. The Morgan fingerprint density at radius 1 is 1.56 bits per heavy atom. The maximum atomic E-state index is 13.4. The van der Waals surface area contributed by atoms with Crippen molar-refractivity contribution in [3.05, 3.63) is 29.8 Å². The number of hydrogen-bond donors (Lipinski definition) is 0. The van der Waals surface area contributed by atoms with Gasteiger partial charge in [-0.25, -0.2) is 4.39 Å². The van der Waals surface area contributed by atoms with E-state index in [4.69, 9.17) is 0 Å². The third-order valence-corrected chi connectivity index (χ3v) is 3.23. The monoisotopic (exact) mass is 223 g/mol. The molecule has 88 valence electrons. The van der Waals surface area contributed by atoms with Gasteiger partial charge in [0.2, 0.25) is 0 Å². The Balaban J connectivity index is 1.95. The van der Waals surface area contributed by atoms with Crippen molar-refractivity contribution in [1.82, 2.24) is 14.8 Å². The zero-order valence-electron chi connectivity index (χ0n) is 9.86. The average Bonchev–Trinajstić information content (AvgIpc) is 2.70. The molecule has 0 N–H and O–H groups in total. The molecule has 2 heterocycles. The highest BCUT2D eigenvalue weighted by molar-refractivity contribution is 5.12. The minimum Gasteiger partial charge on any atom is -0.305 e. The van der Waals surface area contributed by atoms with E-state index < -0.39 is 0 Å². The van der Waals surface area contributed by atoms with Gasteiger partial charge in [0, 0.05) is 37.4 Å². The van der Waals surface area contributed by atoms with Crippen LogP contribution in [0, 0.1) is 5.82 Å². The molecule has 2 rings (SSSR count). The molecule has 1 saturated heterocycles. The number of halogens is 1. The van der Waals surface area contributed by atoms with Crippen LogP contribution in [0.3, 0.4) is 0 Å². The van der Waals surface area contributed by atoms with Crippen LogP contribution in [0.5, 0.6) is 0 Å². The van der Waals surface area contributed by atoms with E-state index in [1.54, 1.807) is 12.3 Å². The quantitative estimate of drug-likeness (QED) is 0.771. The molecule has 0 aliphatic carbocycles. The lowest BCUT2D eigenvalue weighted by Gasteiger charge is -2.20. The zero-order chi connectivity index (χ0) is 11.5. The van der Waals surface area contributed by atoms with Crippen LogP contribution < -0.4 is 0 Å². The van der Waals surface area contributed by atoms with Crippen LogP contribution in [0.25, 0.3) is 0 Å². The van der Waals surface area contributed by atoms with Crippen LogP contribution in [0.15, 0.2) is 18.5 Å². The summed E-state index contributed by atoms with van der Waals surface area (Å²) < 4.78 is 13.4. The minimum atomic E-state index is -0.198. The van der Waals surface area contributed by atoms with Gasteiger partial charge >= 0.3 is 0 Å². The summed E-state index contributed by atoms with van der Waals surface area (Å²) in [6.07, 6.45) is 4.10. The first-order chi connectivity index (χ1) is 7.66. The summed E-state index contributed by atoms with van der Waals surface area (Å²) >= 11 is 0. The maximum absolute atomic E-state index is 13.4. The Morgan fingerprint density at radius 2 is 2.38 bits per heavy atom. The first-order valence-electron chi connectivity index (χ1n) is 5.64. The average molecular weight is 223 g/mol. The van der Waals surface area contributed by atoms with E-state index in [1.165, 1.54) is 12.6 Å². The molecule has 0 amide bonds. The summed E-state index contributed by atoms with van der Waals surface area (Å²) in [6.45, 7) is 2.76. The first-order valence-corrected chi connectivity index (χ1v) is 5.64. The largest absolute Gasteiger partial charge is 0.305 e. The van der Waals surface area contributed by atoms with Gasteiger partial charge in [0.15, 0.2) is 0 Å². The maximum Gasteiger partial charge on any atom is 0.145 e. The fourth-order valence-electron chi connectivity index (χ4n) is 2.15. The molecule has 0 unspecified atom stereocenters. The molecule has 0 spiro atoms. The number of aromatic nitrogens is 1. The molecule has 4 heteroatoms. The van der Waals surface area contributed by atoms with Crippen LogP contribution >= 0.6 is 0 Å². The number of likely N-dealkylation sites (tertiary alicyclic amines) is 1. The van der Waals surface area contributed by atoms with Crippen molar-refractivity contribution in [1.29, 1.82) is 0 Å². The highest BCUT2D eigenvalue weighted by Gasteiger charge is 2.24. The summed E-state index contributed by atoms with van der Waals surface area (Å²) in [5.41, 5.74) is 0.745. The fourth-order valence-corrected chi connectivity index (χ4v) is 2.15. The molecule has 0 radical (unpaired) electrons. The molecule has 1 fully saturated rings. The van der Waals surface area contributed by atoms with Crippen molar-refractivity contribution in [3.63, 3.8) is 0 Å². The third-order valence-electron chi connectivity index (χ3n) is 3.23. The fraction of sp³-hybridized carbons (Fsp3) is 0.583. The minimum absolute atomic E-state index is 0.198. The molecule has 1 aromatic heterocycles. The lowest BCUT2D eigenvalue weighted by molar-refractivity contribution is 0.262. The van der Waals surface area contributed by atoms with Crippen LogP contribution in [0.4, 0.5) is 4.39 Å². The lowest BCUT2D eigenvalue weighted by Crippen LogP contribution is -2.31. The topological polar surface area (TPSA) is 19.4 Å². The molecular weight excluding hydrogens is 205 g/mol. The third kappa shape index (κ3) is 2.57. The SMILES string of the molecule is CN(C)[C@H]1CCN(Cc2ccncc2F)C1. The van der Waals surface area contributed by atoms with Crippen molar-refractivity contribution in [2.75, 3.05) is 27.2 Å². The van der Waals surface area contributed by atoms with Gasteiger partial charge in [-0.3, -0.25) is 9.88 Å². The summed E-state index contributed by atoms with van der Waals surface area (Å²) in [7, 11) is 4.20. The van der Waals surface area contributed by atoms with Gasteiger partial charge in [0.25, 0.3) is 0 Å². The van der Waals surface area contributed by atoms with E-state index in [0.717, 1.165) is 18.7 Å². The van der Waals surface area contributed by atoms with E-state index in [1.807, 2.05) is 0 Å². The summed E-state index contributed by atoms with van der Waals surface area (Å²) in [4.78, 5) is 8.29. The summed E-state index contributed by atoms with van der Waals surface area (Å²) in [5, 5.41) is 0. The second kappa shape index (κ2) is 4.89. The molecule has 0 saturated carbocycles. The van der Waals surface area contributed by atoms with Gasteiger partial charge in [0.05, 0.1) is 6.20 Å². The molecule has 0 aromatic carbocycles. The number of rotatable bonds is 3. The highest BCUT2D eigenvalue weighted by atomic mass is 19.1. The van der Waals surface area contributed by atoms with Crippen molar-refractivity contribution < 1.29 is 4.39 Å². The van der Waals surface area contributed by atoms with Crippen LogP contribution in [0.1, 0.15) is 12.0 Å². The second-order valence-electron chi connectivity index (χ2n) is 4.61. The molecule has 1 aromatic rings. The van der Waals surface area contributed by atoms with E-state index in [9.17, 15) is 4.39 Å². The molecule has 1 aliphatic rings. The molecule has 1 atom stereocenters. The standard InChI is InChI=1S/C12H18FN3/c1-15(2)11-4-6-16(9-11)8-10-3-5-14-7-12(10)13/h3,5,7,11H,4,6,8-9H2,1-2H3/t11-/m0/s1. The van der Waals surface area contributed by atoms with Crippen molar-refractivity contribution in [2.24, 2.45) is 0 Å². The van der Waals surface area contributed by atoms with Gasteiger partial charge < -0.3 is 4.90 Å². The number of pyridine rings is 1. The summed E-state index contributed by atoms with van der Waals surface area (Å²) in [5.74, 6) is -0.198.